The van der Waals surface area contributed by atoms with E-state index < -0.39 is 5.97 Å². The maximum absolute atomic E-state index is 12.0. The van der Waals surface area contributed by atoms with Gasteiger partial charge in [0, 0.05) is 12.8 Å². The summed E-state index contributed by atoms with van der Waals surface area (Å²) in [4.78, 5) is 22.7. The Labute approximate surface area is 141 Å². The highest BCUT2D eigenvalue weighted by Crippen LogP contribution is 2.07. The van der Waals surface area contributed by atoms with Crippen LogP contribution in [-0.2, 0) is 16.0 Å². The molecule has 0 saturated heterocycles. The van der Waals surface area contributed by atoms with Crippen molar-refractivity contribution < 1.29 is 14.7 Å². The zero-order chi connectivity index (χ0) is 17.2. The van der Waals surface area contributed by atoms with Gasteiger partial charge in [-0.25, -0.2) is 5.43 Å². The summed E-state index contributed by atoms with van der Waals surface area (Å²) < 4.78 is 0. The van der Waals surface area contributed by atoms with E-state index >= 15 is 0 Å². The minimum atomic E-state index is -0.894. The topological polar surface area (TPSA) is 78.8 Å². The van der Waals surface area contributed by atoms with Gasteiger partial charge in [-0.1, -0.05) is 60.7 Å². The van der Waals surface area contributed by atoms with Gasteiger partial charge in [0.15, 0.2) is 0 Å². The Morgan fingerprint density at radius 3 is 2.12 bits per heavy atom. The van der Waals surface area contributed by atoms with Crippen molar-refractivity contribution in [3.8, 4) is 0 Å². The molecule has 0 radical (unpaired) electrons. The van der Waals surface area contributed by atoms with E-state index in [1.807, 2.05) is 60.7 Å². The number of carbonyl (C=O) groups is 2. The number of aliphatic carboxylic acids is 1. The van der Waals surface area contributed by atoms with Gasteiger partial charge in [-0.15, -0.1) is 0 Å². The number of benzene rings is 2. The fourth-order valence-corrected chi connectivity index (χ4v) is 2.21. The highest BCUT2D eigenvalue weighted by molar-refractivity contribution is 6.02. The second-order valence-corrected chi connectivity index (χ2v) is 5.34. The summed E-state index contributed by atoms with van der Waals surface area (Å²) in [5.74, 6) is -1.09. The average molecular weight is 324 g/mol. The van der Waals surface area contributed by atoms with Crippen LogP contribution in [0.1, 0.15) is 30.4 Å². The Morgan fingerprint density at radius 1 is 0.875 bits per heavy atom. The lowest BCUT2D eigenvalue weighted by Crippen LogP contribution is -2.20. The molecule has 5 nitrogen and oxygen atoms in total. The van der Waals surface area contributed by atoms with Crippen molar-refractivity contribution in [2.45, 2.75) is 25.7 Å². The lowest BCUT2D eigenvalue weighted by molar-refractivity contribution is -0.136. The molecule has 0 aliphatic carbocycles. The molecule has 2 N–H and O–H groups in total. The van der Waals surface area contributed by atoms with Crippen LogP contribution in [0.25, 0.3) is 0 Å². The number of nitrogens with zero attached hydrogens (tertiary/aromatic N) is 1. The fourth-order valence-electron chi connectivity index (χ4n) is 2.21. The second kappa shape index (κ2) is 9.25. The molecule has 0 aromatic heterocycles. The van der Waals surface area contributed by atoms with Gasteiger partial charge in [-0.05, 0) is 17.5 Å². The summed E-state index contributed by atoms with van der Waals surface area (Å²) in [6.07, 6.45) is 1.19. The normalized spacial score (nSPS) is 11.1. The van der Waals surface area contributed by atoms with E-state index in [2.05, 4.69) is 10.5 Å². The predicted octanol–water partition coefficient (Wildman–Crippen LogP) is 3.00. The highest BCUT2D eigenvalue weighted by Gasteiger charge is 2.08. The average Bonchev–Trinajstić information content (AvgIpc) is 2.61. The number of carboxylic acids is 1. The van der Waals surface area contributed by atoms with Gasteiger partial charge in [-0.3, -0.25) is 9.59 Å². The molecule has 0 aliphatic rings. The molecule has 2 aromatic carbocycles. The number of nitrogens with one attached hydrogen (secondary N) is 1. The van der Waals surface area contributed by atoms with Crippen LogP contribution < -0.4 is 5.43 Å². The molecule has 0 fully saturated rings. The van der Waals surface area contributed by atoms with E-state index in [0.717, 1.165) is 11.1 Å². The van der Waals surface area contributed by atoms with Gasteiger partial charge in [0.25, 0.3) is 0 Å². The first-order chi connectivity index (χ1) is 11.6. The first-order valence-corrected chi connectivity index (χ1v) is 7.81. The van der Waals surface area contributed by atoms with E-state index in [4.69, 9.17) is 5.11 Å². The number of hydrazone groups is 1. The molecule has 0 atom stereocenters. The smallest absolute Gasteiger partial charge is 0.303 e. The minimum Gasteiger partial charge on any atom is -0.481 e. The molecule has 0 saturated carbocycles. The molecular weight excluding hydrogens is 304 g/mol. The number of carbonyl (C=O) groups excluding carboxylic acids is 1. The largest absolute Gasteiger partial charge is 0.481 e. The van der Waals surface area contributed by atoms with E-state index in [9.17, 15) is 9.59 Å². The molecular formula is C19H20N2O3. The van der Waals surface area contributed by atoms with Crippen molar-refractivity contribution in [1.29, 1.82) is 0 Å². The summed E-state index contributed by atoms with van der Waals surface area (Å²) in [5.41, 5.74) is 4.99. The van der Waals surface area contributed by atoms with Crippen LogP contribution in [0.4, 0.5) is 0 Å². The summed E-state index contributed by atoms with van der Waals surface area (Å²) >= 11 is 0. The first kappa shape index (κ1) is 17.4. The Kier molecular flexibility index (Phi) is 6.71. The molecule has 0 heterocycles. The third kappa shape index (κ3) is 6.04. The fraction of sp³-hybridized carbons (Fsp3) is 0.211. The molecule has 0 spiro atoms. The molecule has 124 valence electrons. The van der Waals surface area contributed by atoms with Crippen LogP contribution in [-0.4, -0.2) is 22.7 Å². The van der Waals surface area contributed by atoms with Gasteiger partial charge in [0.2, 0.25) is 5.91 Å². The van der Waals surface area contributed by atoms with E-state index in [-0.39, 0.29) is 18.7 Å². The van der Waals surface area contributed by atoms with Gasteiger partial charge >= 0.3 is 5.97 Å². The van der Waals surface area contributed by atoms with Crippen molar-refractivity contribution >= 4 is 17.6 Å². The van der Waals surface area contributed by atoms with E-state index in [1.165, 1.54) is 0 Å². The number of hydrogen-bond donors (Lipinski definition) is 2. The summed E-state index contributed by atoms with van der Waals surface area (Å²) in [6.45, 7) is 0. The lowest BCUT2D eigenvalue weighted by atomic mass is 10.1. The summed E-state index contributed by atoms with van der Waals surface area (Å²) in [6, 6.07) is 19.0. The minimum absolute atomic E-state index is 0.0341. The van der Waals surface area contributed by atoms with Gasteiger partial charge < -0.3 is 5.11 Å². The monoisotopic (exact) mass is 324 g/mol. The molecule has 24 heavy (non-hydrogen) atoms. The van der Waals surface area contributed by atoms with E-state index in [1.54, 1.807) is 0 Å². The Hall–Kier alpha value is -2.95. The maximum atomic E-state index is 12.0. The van der Waals surface area contributed by atoms with Crippen molar-refractivity contribution in [3.63, 3.8) is 0 Å². The number of aryl methyl sites for hydroxylation is 1. The van der Waals surface area contributed by atoms with Crippen LogP contribution in [0.5, 0.6) is 0 Å². The zero-order valence-corrected chi connectivity index (χ0v) is 13.3. The zero-order valence-electron chi connectivity index (χ0n) is 13.3. The quantitative estimate of drug-likeness (QED) is 0.579. The Balaban J connectivity index is 1.95. The van der Waals surface area contributed by atoms with Crippen molar-refractivity contribution in [1.82, 2.24) is 5.43 Å². The van der Waals surface area contributed by atoms with Crippen molar-refractivity contribution in [2.24, 2.45) is 5.10 Å². The van der Waals surface area contributed by atoms with Crippen molar-refractivity contribution in [2.75, 3.05) is 0 Å². The lowest BCUT2D eigenvalue weighted by Gasteiger charge is -2.07. The molecule has 2 rings (SSSR count). The van der Waals surface area contributed by atoms with Crippen LogP contribution in [0, 0.1) is 0 Å². The van der Waals surface area contributed by atoms with Gasteiger partial charge in [0.05, 0.1) is 12.1 Å². The van der Waals surface area contributed by atoms with Crippen LogP contribution in [0.2, 0.25) is 0 Å². The van der Waals surface area contributed by atoms with Crippen LogP contribution in [0.15, 0.2) is 65.8 Å². The highest BCUT2D eigenvalue weighted by atomic mass is 16.4. The number of rotatable bonds is 8. The maximum Gasteiger partial charge on any atom is 0.303 e. The molecule has 0 bridgehead atoms. The summed E-state index contributed by atoms with van der Waals surface area (Å²) in [5, 5.41) is 13.0. The Bertz CT molecular complexity index is 697. The van der Waals surface area contributed by atoms with Gasteiger partial charge in [0.1, 0.15) is 0 Å². The molecule has 2 aromatic rings. The predicted molar refractivity (Wildman–Crippen MR) is 92.8 cm³/mol. The number of carboxylic acid groups (broad SMARTS) is 1. The van der Waals surface area contributed by atoms with E-state index in [0.29, 0.717) is 18.6 Å². The third-order valence-corrected chi connectivity index (χ3v) is 3.48. The first-order valence-electron chi connectivity index (χ1n) is 7.81. The summed E-state index contributed by atoms with van der Waals surface area (Å²) in [7, 11) is 0. The molecule has 1 amide bonds. The SMILES string of the molecule is O=C(O)CC/C(=N\NC(=O)CCc1ccccc1)c1ccccc1. The standard InChI is InChI=1S/C19H20N2O3/c22-18(13-11-15-7-3-1-4-8-15)21-20-17(12-14-19(23)24)16-9-5-2-6-10-16/h1-10H,11-14H2,(H,21,22)(H,23,24)/b20-17+. The van der Waals surface area contributed by atoms with Crippen LogP contribution >= 0.6 is 0 Å². The third-order valence-electron chi connectivity index (χ3n) is 3.48. The van der Waals surface area contributed by atoms with Gasteiger partial charge in [-0.2, -0.15) is 5.10 Å². The Morgan fingerprint density at radius 2 is 1.50 bits per heavy atom. The molecule has 0 aliphatic heterocycles. The van der Waals surface area contributed by atoms with Crippen molar-refractivity contribution in [3.05, 3.63) is 71.8 Å². The second-order valence-electron chi connectivity index (χ2n) is 5.34. The van der Waals surface area contributed by atoms with Crippen LogP contribution in [0.3, 0.4) is 0 Å². The molecule has 5 heteroatoms. The molecule has 0 unspecified atom stereocenters. The number of amides is 1. The number of hydrogen-bond acceptors (Lipinski definition) is 3.